The maximum Gasteiger partial charge on any atom is 0.250 e. The van der Waals surface area contributed by atoms with Crippen LogP contribution >= 0.6 is 11.3 Å². The Morgan fingerprint density at radius 2 is 2.42 bits per heavy atom. The van der Waals surface area contributed by atoms with Crippen molar-refractivity contribution < 1.29 is 0 Å². The number of hydrogen-bond acceptors (Lipinski definition) is 2. The Morgan fingerprint density at radius 3 is 3.00 bits per heavy atom. The van der Waals surface area contributed by atoms with Crippen molar-refractivity contribution in [3.05, 3.63) is 27.5 Å². The molecule has 0 N–H and O–H groups in total. The maximum absolute atomic E-state index is 6.69. The van der Waals surface area contributed by atoms with Gasteiger partial charge in [-0.25, -0.2) is 11.6 Å². The molecular weight excluding hydrogens is 168 g/mol. The van der Waals surface area contributed by atoms with E-state index in [9.17, 15) is 0 Å². The van der Waals surface area contributed by atoms with Crippen LogP contribution in [0.15, 0.2) is 6.20 Å². The molecule has 1 rings (SSSR count). The van der Waals surface area contributed by atoms with Gasteiger partial charge in [0.05, 0.1) is 5.01 Å². The van der Waals surface area contributed by atoms with E-state index in [4.69, 9.17) is 6.57 Å². The Labute approximate surface area is 77.1 Å². The van der Waals surface area contributed by atoms with Crippen molar-refractivity contribution in [1.29, 1.82) is 0 Å². The predicted octanol–water partition coefficient (Wildman–Crippen LogP) is 2.76. The third-order valence-electron chi connectivity index (χ3n) is 1.42. The van der Waals surface area contributed by atoms with Crippen LogP contribution in [0, 0.1) is 12.5 Å². The Hall–Kier alpha value is -0.880. The van der Waals surface area contributed by atoms with E-state index in [2.05, 4.69) is 23.7 Å². The van der Waals surface area contributed by atoms with Gasteiger partial charge in [-0.1, -0.05) is 13.8 Å². The van der Waals surface area contributed by atoms with E-state index in [0.717, 1.165) is 16.3 Å². The first-order chi connectivity index (χ1) is 5.72. The largest absolute Gasteiger partial charge is 0.311 e. The summed E-state index contributed by atoms with van der Waals surface area (Å²) in [5.74, 6) is 0.650. The summed E-state index contributed by atoms with van der Waals surface area (Å²) in [4.78, 5) is 8.65. The van der Waals surface area contributed by atoms with Crippen molar-refractivity contribution >= 4 is 11.3 Å². The predicted molar refractivity (Wildman–Crippen MR) is 51.0 cm³/mol. The van der Waals surface area contributed by atoms with Gasteiger partial charge in [-0.15, -0.1) is 11.3 Å². The van der Waals surface area contributed by atoms with E-state index in [1.807, 2.05) is 6.20 Å². The van der Waals surface area contributed by atoms with Gasteiger partial charge in [0.2, 0.25) is 6.54 Å². The molecule has 0 aliphatic rings. The van der Waals surface area contributed by atoms with Crippen molar-refractivity contribution in [3.63, 3.8) is 0 Å². The Bertz CT molecular complexity index is 283. The third kappa shape index (κ3) is 2.63. The van der Waals surface area contributed by atoms with Gasteiger partial charge >= 0.3 is 0 Å². The molecule has 12 heavy (non-hydrogen) atoms. The first-order valence-electron chi connectivity index (χ1n) is 3.99. The second kappa shape index (κ2) is 4.22. The minimum absolute atomic E-state index is 0.482. The van der Waals surface area contributed by atoms with E-state index >= 15 is 0 Å². The molecule has 0 aliphatic heterocycles. The van der Waals surface area contributed by atoms with Crippen molar-refractivity contribution in [2.75, 3.05) is 0 Å². The molecule has 0 aromatic carbocycles. The quantitative estimate of drug-likeness (QED) is 0.654. The highest BCUT2D eigenvalue weighted by atomic mass is 32.1. The fraction of sp³-hybridized carbons (Fsp3) is 0.556. The average Bonchev–Trinajstić information content (AvgIpc) is 2.36. The molecule has 1 heterocycles. The van der Waals surface area contributed by atoms with Gasteiger partial charge in [-0.05, 0) is 5.92 Å². The molecule has 0 saturated heterocycles. The first kappa shape index (κ1) is 9.21. The normalized spacial score (nSPS) is 10.2. The number of hydrogen-bond donors (Lipinski definition) is 0. The number of thiazole rings is 1. The molecule has 0 atom stereocenters. The smallest absolute Gasteiger partial charge is 0.250 e. The van der Waals surface area contributed by atoms with E-state index in [1.165, 1.54) is 0 Å². The molecule has 0 radical (unpaired) electrons. The molecule has 1 aromatic heterocycles. The van der Waals surface area contributed by atoms with Crippen LogP contribution in [-0.2, 0) is 13.0 Å². The summed E-state index contributed by atoms with van der Waals surface area (Å²) in [6, 6.07) is 0. The molecule has 0 unspecified atom stereocenters. The first-order valence-corrected chi connectivity index (χ1v) is 4.81. The van der Waals surface area contributed by atoms with Gasteiger partial charge in [-0.3, -0.25) is 0 Å². The average molecular weight is 180 g/mol. The zero-order valence-electron chi connectivity index (χ0n) is 7.37. The van der Waals surface area contributed by atoms with Gasteiger partial charge in [-0.2, -0.15) is 0 Å². The molecule has 0 spiro atoms. The number of nitrogens with zero attached hydrogens (tertiary/aromatic N) is 2. The fourth-order valence-corrected chi connectivity index (χ4v) is 2.00. The van der Waals surface area contributed by atoms with Gasteiger partial charge in [0, 0.05) is 12.6 Å². The summed E-state index contributed by atoms with van der Waals surface area (Å²) in [6.45, 7) is 11.5. The Morgan fingerprint density at radius 1 is 1.67 bits per heavy atom. The SMILES string of the molecule is [C-]#[N+]Cc1cnc(CC(C)C)s1. The lowest BCUT2D eigenvalue weighted by atomic mass is 10.1. The highest BCUT2D eigenvalue weighted by Gasteiger charge is 2.04. The molecule has 0 saturated carbocycles. The maximum atomic E-state index is 6.69. The summed E-state index contributed by atoms with van der Waals surface area (Å²) in [5, 5.41) is 1.16. The van der Waals surface area contributed by atoms with Crippen molar-refractivity contribution in [2.45, 2.75) is 26.8 Å². The monoisotopic (exact) mass is 180 g/mol. The van der Waals surface area contributed by atoms with Crippen LogP contribution < -0.4 is 0 Å². The fourth-order valence-electron chi connectivity index (χ4n) is 0.943. The van der Waals surface area contributed by atoms with E-state index in [1.54, 1.807) is 11.3 Å². The second-order valence-electron chi connectivity index (χ2n) is 3.13. The summed E-state index contributed by atoms with van der Waals surface area (Å²) in [7, 11) is 0. The summed E-state index contributed by atoms with van der Waals surface area (Å²) in [6.07, 6.45) is 2.85. The molecule has 0 aliphatic carbocycles. The zero-order chi connectivity index (χ0) is 8.97. The molecular formula is C9H12N2S. The second-order valence-corrected chi connectivity index (χ2v) is 4.33. The topological polar surface area (TPSA) is 17.2 Å². The highest BCUT2D eigenvalue weighted by Crippen LogP contribution is 2.16. The zero-order valence-corrected chi connectivity index (χ0v) is 8.19. The van der Waals surface area contributed by atoms with Crippen molar-refractivity contribution in [1.82, 2.24) is 4.98 Å². The minimum atomic E-state index is 0.482. The number of aromatic nitrogens is 1. The molecule has 0 bridgehead atoms. The molecule has 1 aromatic rings. The lowest BCUT2D eigenvalue weighted by Gasteiger charge is -1.97. The van der Waals surface area contributed by atoms with Gasteiger partial charge in [0.1, 0.15) is 4.88 Å². The van der Waals surface area contributed by atoms with Crippen molar-refractivity contribution in [2.24, 2.45) is 5.92 Å². The van der Waals surface area contributed by atoms with E-state index < -0.39 is 0 Å². The van der Waals surface area contributed by atoms with E-state index in [0.29, 0.717) is 12.5 Å². The van der Waals surface area contributed by atoms with E-state index in [-0.39, 0.29) is 0 Å². The Kier molecular flexibility index (Phi) is 3.24. The number of rotatable bonds is 3. The van der Waals surface area contributed by atoms with Crippen LogP contribution in [0.3, 0.4) is 0 Å². The molecule has 0 amide bonds. The van der Waals surface area contributed by atoms with Crippen LogP contribution in [0.5, 0.6) is 0 Å². The summed E-state index contributed by atoms with van der Waals surface area (Å²) < 4.78 is 0. The van der Waals surface area contributed by atoms with Gasteiger partial charge < -0.3 is 4.85 Å². The molecule has 64 valence electrons. The Balaban J connectivity index is 2.59. The molecule has 0 fully saturated rings. The van der Waals surface area contributed by atoms with Crippen molar-refractivity contribution in [3.8, 4) is 0 Å². The van der Waals surface area contributed by atoms with Crippen LogP contribution in [0.2, 0.25) is 0 Å². The lowest BCUT2D eigenvalue weighted by molar-refractivity contribution is 0.644. The van der Waals surface area contributed by atoms with Gasteiger partial charge in [0.25, 0.3) is 0 Å². The van der Waals surface area contributed by atoms with Crippen LogP contribution in [0.25, 0.3) is 4.85 Å². The standard InChI is InChI=1S/C9H12N2S/c1-7(2)4-9-11-6-8(12-9)5-10-3/h6-7H,4-5H2,1-2H3. The van der Waals surface area contributed by atoms with Gasteiger partial charge in [0.15, 0.2) is 0 Å². The summed E-state index contributed by atoms with van der Waals surface area (Å²) in [5.41, 5.74) is 0. The lowest BCUT2D eigenvalue weighted by Crippen LogP contribution is -1.91. The highest BCUT2D eigenvalue weighted by molar-refractivity contribution is 7.11. The van der Waals surface area contributed by atoms with Crippen LogP contribution in [0.1, 0.15) is 23.7 Å². The van der Waals surface area contributed by atoms with Crippen LogP contribution in [-0.4, -0.2) is 4.98 Å². The molecule has 2 nitrogen and oxygen atoms in total. The molecule has 3 heteroatoms. The third-order valence-corrected chi connectivity index (χ3v) is 2.42. The summed E-state index contributed by atoms with van der Waals surface area (Å²) >= 11 is 1.66. The minimum Gasteiger partial charge on any atom is -0.311 e. The van der Waals surface area contributed by atoms with Crippen LogP contribution in [0.4, 0.5) is 0 Å².